The minimum atomic E-state index is -0.457. The Morgan fingerprint density at radius 3 is 0.607 bits per heavy atom. The Morgan fingerprint density at radius 1 is 0.429 bits per heavy atom. The van der Waals surface area contributed by atoms with Crippen molar-refractivity contribution in [2.75, 3.05) is 0 Å². The molecule has 0 saturated carbocycles. The standard InChI is InChI=1S/2C11H19O2.O.V/c2*1-10(2,3)8(12)7-9(13)11(4,5)6;;/h2*7H,1-6H3;;/q2*-1;;+2. The fourth-order valence-corrected chi connectivity index (χ4v) is 1.10. The fourth-order valence-electron chi connectivity index (χ4n) is 1.10. The number of ketones is 4. The third kappa shape index (κ3) is 14.8. The predicted octanol–water partition coefficient (Wildman–Crippen LogP) is 4.72. The quantitative estimate of drug-likeness (QED) is 0.473. The van der Waals surface area contributed by atoms with Crippen LogP contribution in [0.5, 0.6) is 0 Å². The van der Waals surface area contributed by atoms with Crippen molar-refractivity contribution < 1.29 is 40.2 Å². The molecule has 0 rings (SSSR count). The van der Waals surface area contributed by atoms with Gasteiger partial charge in [0.25, 0.3) is 0 Å². The normalized spacial score (nSPS) is 11.8. The Balaban J connectivity index is -0.000000410. The molecule has 0 fully saturated rings. The molecule has 0 saturated heterocycles. The van der Waals surface area contributed by atoms with Crippen LogP contribution in [0.25, 0.3) is 0 Å². The second kappa shape index (κ2) is 11.7. The van der Waals surface area contributed by atoms with Gasteiger partial charge in [0.1, 0.15) is 0 Å². The van der Waals surface area contributed by atoms with E-state index in [0.29, 0.717) is 0 Å². The number of carbonyl (C=O) groups excluding carboxylic acids is 4. The topological polar surface area (TPSA) is 85.3 Å². The second-order valence-corrected chi connectivity index (χ2v) is 10.7. The fraction of sp³-hybridized carbons (Fsp3) is 0.727. The van der Waals surface area contributed by atoms with Crippen LogP contribution in [-0.2, 0) is 40.2 Å². The third-order valence-electron chi connectivity index (χ3n) is 3.48. The average Bonchev–Trinajstić information content (AvgIpc) is 2.45. The zero-order valence-electron chi connectivity index (χ0n) is 19.6. The molecule has 0 amide bonds. The molecule has 0 radical (unpaired) electrons. The Hall–Kier alpha value is -1.20. The summed E-state index contributed by atoms with van der Waals surface area (Å²) < 4.78 is 8.19. The van der Waals surface area contributed by atoms with Crippen molar-refractivity contribution in [2.24, 2.45) is 21.7 Å². The zero-order valence-corrected chi connectivity index (χ0v) is 21.0. The van der Waals surface area contributed by atoms with Gasteiger partial charge < -0.3 is 19.2 Å². The predicted molar refractivity (Wildman–Crippen MR) is 107 cm³/mol. The van der Waals surface area contributed by atoms with Crippen molar-refractivity contribution >= 4 is 23.1 Å². The summed E-state index contributed by atoms with van der Waals surface area (Å²) in [5, 5.41) is 0. The van der Waals surface area contributed by atoms with Gasteiger partial charge in [0.15, 0.2) is 0 Å². The first kappa shape index (κ1) is 31.5. The Morgan fingerprint density at radius 2 is 0.536 bits per heavy atom. The molecular weight excluding hydrogens is 395 g/mol. The molecule has 0 spiro atoms. The maximum atomic E-state index is 11.4. The van der Waals surface area contributed by atoms with Gasteiger partial charge in [-0.1, -0.05) is 83.1 Å². The molecule has 5 nitrogen and oxygen atoms in total. The molecule has 0 bridgehead atoms. The maximum absolute atomic E-state index is 11.4. The van der Waals surface area contributed by atoms with Gasteiger partial charge in [-0.3, -0.25) is 12.8 Å². The number of hydrogen-bond donors (Lipinski definition) is 0. The van der Waals surface area contributed by atoms with Crippen molar-refractivity contribution in [3.63, 3.8) is 0 Å². The van der Waals surface area contributed by atoms with Crippen molar-refractivity contribution in [3.05, 3.63) is 12.8 Å². The van der Waals surface area contributed by atoms with Crippen LogP contribution in [0, 0.1) is 34.5 Å². The molecule has 0 aromatic heterocycles. The van der Waals surface area contributed by atoms with Crippen molar-refractivity contribution in [2.45, 2.75) is 83.1 Å². The molecule has 0 aromatic rings. The van der Waals surface area contributed by atoms with E-state index >= 15 is 0 Å². The monoisotopic (exact) mass is 433 g/mol. The summed E-state index contributed by atoms with van der Waals surface area (Å²) in [6, 6.07) is 0. The Kier molecular flexibility index (Phi) is 13.2. The van der Waals surface area contributed by atoms with Crippen LogP contribution in [0.15, 0.2) is 0 Å². The van der Waals surface area contributed by atoms with Crippen molar-refractivity contribution in [1.29, 1.82) is 0 Å². The Bertz CT molecular complexity index is 451. The average molecular weight is 433 g/mol. The summed E-state index contributed by atoms with van der Waals surface area (Å²) in [4.78, 5) is 45.8. The molecule has 0 N–H and O–H groups in total. The van der Waals surface area contributed by atoms with Gasteiger partial charge >= 0.3 is 21.0 Å². The van der Waals surface area contributed by atoms with E-state index in [1.54, 1.807) is 0 Å². The van der Waals surface area contributed by atoms with Crippen LogP contribution in [0.1, 0.15) is 83.1 Å². The van der Waals surface area contributed by atoms with E-state index in [1.165, 1.54) is 12.8 Å². The number of Topliss-reactive ketones (excluding diaryl/α,β-unsaturated/α-hetero) is 4. The summed E-state index contributed by atoms with van der Waals surface area (Å²) in [5.74, 6) is -0.417. The van der Waals surface area contributed by atoms with Crippen LogP contribution < -0.4 is 0 Å². The summed E-state index contributed by atoms with van der Waals surface area (Å²) in [7, 11) is 0. The first-order valence-electron chi connectivity index (χ1n) is 9.15. The molecule has 0 unspecified atom stereocenters. The number of hydrogen-bond acceptors (Lipinski definition) is 5. The third-order valence-corrected chi connectivity index (χ3v) is 3.48. The van der Waals surface area contributed by atoms with Gasteiger partial charge in [-0.05, 0) is 21.7 Å². The minimum absolute atomic E-state index is 0.104. The SMILES string of the molecule is CC(C)(C)C(=O)[CH-]C(=O)C(C)(C)C.CC(C)(C)C(=O)[CH-]C(=O)C(C)(C)C.[O]=[V+2]. The molecule has 0 atom stereocenters. The van der Waals surface area contributed by atoms with Crippen LogP contribution >= 0.6 is 0 Å². The van der Waals surface area contributed by atoms with E-state index in [2.05, 4.69) is 0 Å². The van der Waals surface area contributed by atoms with E-state index in [9.17, 15) is 19.2 Å². The first-order chi connectivity index (χ1) is 12.1. The molecule has 0 aliphatic carbocycles. The molecule has 0 heterocycles. The van der Waals surface area contributed by atoms with Crippen LogP contribution in [0.4, 0.5) is 0 Å². The van der Waals surface area contributed by atoms with Gasteiger partial charge in [0, 0.05) is 23.1 Å². The Labute approximate surface area is 181 Å². The van der Waals surface area contributed by atoms with E-state index < -0.39 is 21.7 Å². The van der Waals surface area contributed by atoms with Crippen LogP contribution in [0.3, 0.4) is 0 Å². The van der Waals surface area contributed by atoms with E-state index in [4.69, 9.17) is 3.67 Å². The number of carbonyl (C=O) groups is 4. The van der Waals surface area contributed by atoms with E-state index in [0.717, 1.165) is 17.4 Å². The molecule has 28 heavy (non-hydrogen) atoms. The van der Waals surface area contributed by atoms with Crippen LogP contribution in [-0.4, -0.2) is 23.1 Å². The summed E-state index contributed by atoms with van der Waals surface area (Å²) in [5.41, 5.74) is -1.83. The molecule has 0 aliphatic rings. The van der Waals surface area contributed by atoms with Crippen molar-refractivity contribution in [3.8, 4) is 0 Å². The van der Waals surface area contributed by atoms with Gasteiger partial charge in [0.2, 0.25) is 0 Å². The molecule has 6 heteroatoms. The van der Waals surface area contributed by atoms with Crippen molar-refractivity contribution in [1.82, 2.24) is 0 Å². The summed E-state index contributed by atoms with van der Waals surface area (Å²) in [6.45, 7) is 21.7. The van der Waals surface area contributed by atoms with Gasteiger partial charge in [-0.15, -0.1) is 0 Å². The second-order valence-electron chi connectivity index (χ2n) is 10.7. The number of rotatable bonds is 4. The van der Waals surface area contributed by atoms with Gasteiger partial charge in [-0.2, -0.15) is 0 Å². The molecule has 0 aromatic carbocycles. The molecule has 0 aliphatic heterocycles. The molecule has 161 valence electrons. The van der Waals surface area contributed by atoms with E-state index in [1.807, 2.05) is 83.1 Å². The van der Waals surface area contributed by atoms with Crippen LogP contribution in [0.2, 0.25) is 0 Å². The van der Waals surface area contributed by atoms with Gasteiger partial charge in [-0.25, -0.2) is 0 Å². The van der Waals surface area contributed by atoms with Gasteiger partial charge in [0.05, 0.1) is 0 Å². The first-order valence-corrected chi connectivity index (χ1v) is 9.72. The van der Waals surface area contributed by atoms with E-state index in [-0.39, 0.29) is 23.1 Å². The molecular formula is C22H38O5V. The zero-order chi connectivity index (χ0) is 23.7. The summed E-state index contributed by atoms with van der Waals surface area (Å²) in [6.07, 6.45) is 2.44. The summed E-state index contributed by atoms with van der Waals surface area (Å²) >= 11 is 1.06.